The minimum Gasteiger partial charge on any atom is -0.369 e. The monoisotopic (exact) mass is 273 g/mol. The molecule has 3 nitrogen and oxygen atoms in total. The van der Waals surface area contributed by atoms with Gasteiger partial charge >= 0.3 is 0 Å². The summed E-state index contributed by atoms with van der Waals surface area (Å²) in [5, 5.41) is 3.60. The van der Waals surface area contributed by atoms with Gasteiger partial charge in [0.2, 0.25) is 0 Å². The Morgan fingerprint density at radius 2 is 1.95 bits per heavy atom. The van der Waals surface area contributed by atoms with E-state index in [1.165, 1.54) is 43.7 Å². The van der Waals surface area contributed by atoms with Crippen molar-refractivity contribution in [3.63, 3.8) is 0 Å². The number of hydrogen-bond donors (Lipinski definition) is 1. The van der Waals surface area contributed by atoms with Crippen LogP contribution in [0, 0.1) is 0 Å². The van der Waals surface area contributed by atoms with Crippen LogP contribution in [0.2, 0.25) is 0 Å². The zero-order valence-corrected chi connectivity index (χ0v) is 12.8. The number of benzene rings is 1. The summed E-state index contributed by atoms with van der Waals surface area (Å²) >= 11 is 0. The highest BCUT2D eigenvalue weighted by Crippen LogP contribution is 2.27. The number of hydrogen-bond acceptors (Lipinski definition) is 3. The summed E-state index contributed by atoms with van der Waals surface area (Å²) in [6.45, 7) is 10.4. The predicted molar refractivity (Wildman–Crippen MR) is 85.3 cm³/mol. The van der Waals surface area contributed by atoms with E-state index in [2.05, 4.69) is 53.2 Å². The van der Waals surface area contributed by atoms with Gasteiger partial charge in [-0.25, -0.2) is 0 Å². The molecule has 1 aromatic rings. The summed E-state index contributed by atoms with van der Waals surface area (Å²) in [4.78, 5) is 5.11. The van der Waals surface area contributed by atoms with Crippen molar-refractivity contribution in [2.24, 2.45) is 0 Å². The number of rotatable bonds is 3. The quantitative estimate of drug-likeness (QED) is 0.913. The van der Waals surface area contributed by atoms with Gasteiger partial charge in [0.15, 0.2) is 0 Å². The van der Waals surface area contributed by atoms with Gasteiger partial charge in [-0.2, -0.15) is 0 Å². The first kappa shape index (κ1) is 13.9. The van der Waals surface area contributed by atoms with Gasteiger partial charge in [0.25, 0.3) is 0 Å². The molecule has 0 amide bonds. The first-order valence-electron chi connectivity index (χ1n) is 8.06. The summed E-state index contributed by atoms with van der Waals surface area (Å²) in [5.41, 5.74) is 2.87. The highest BCUT2D eigenvalue weighted by atomic mass is 15.3. The Bertz CT molecular complexity index is 430. The van der Waals surface area contributed by atoms with Gasteiger partial charge in [-0.1, -0.05) is 12.1 Å². The highest BCUT2D eigenvalue weighted by molar-refractivity contribution is 5.49. The summed E-state index contributed by atoms with van der Waals surface area (Å²) < 4.78 is 0. The molecule has 2 aliphatic heterocycles. The Hall–Kier alpha value is -1.06. The van der Waals surface area contributed by atoms with E-state index < -0.39 is 0 Å². The van der Waals surface area contributed by atoms with Gasteiger partial charge in [-0.3, -0.25) is 4.90 Å². The molecule has 1 unspecified atom stereocenters. The maximum Gasteiger partial charge on any atom is 0.0370 e. The van der Waals surface area contributed by atoms with Crippen molar-refractivity contribution in [2.45, 2.75) is 38.8 Å². The zero-order chi connectivity index (χ0) is 13.9. The van der Waals surface area contributed by atoms with Gasteiger partial charge in [0.1, 0.15) is 0 Å². The van der Waals surface area contributed by atoms with Gasteiger partial charge in [-0.15, -0.1) is 0 Å². The van der Waals surface area contributed by atoms with E-state index >= 15 is 0 Å². The third-order valence-electron chi connectivity index (χ3n) is 4.74. The van der Waals surface area contributed by atoms with Gasteiger partial charge in [-0.05, 0) is 50.9 Å². The van der Waals surface area contributed by atoms with Gasteiger partial charge in [0, 0.05) is 44.0 Å². The van der Waals surface area contributed by atoms with Crippen LogP contribution < -0.4 is 10.2 Å². The van der Waals surface area contributed by atoms with Crippen LogP contribution in [0.15, 0.2) is 24.3 Å². The van der Waals surface area contributed by atoms with Crippen molar-refractivity contribution < 1.29 is 0 Å². The molecule has 2 heterocycles. The minimum absolute atomic E-state index is 0.576. The van der Waals surface area contributed by atoms with Gasteiger partial charge in [0.05, 0.1) is 0 Å². The molecule has 0 aromatic heterocycles. The molecule has 0 bridgehead atoms. The maximum atomic E-state index is 3.60. The molecule has 3 rings (SSSR count). The lowest BCUT2D eigenvalue weighted by Gasteiger charge is -2.38. The number of nitrogens with zero attached hydrogens (tertiary/aromatic N) is 2. The second-order valence-corrected chi connectivity index (χ2v) is 6.36. The molecular weight excluding hydrogens is 246 g/mol. The molecule has 0 spiro atoms. The summed E-state index contributed by atoms with van der Waals surface area (Å²) in [7, 11) is 0. The molecule has 2 aliphatic rings. The number of anilines is 1. The van der Waals surface area contributed by atoms with Crippen LogP contribution >= 0.6 is 0 Å². The first-order valence-corrected chi connectivity index (χ1v) is 8.06. The Kier molecular flexibility index (Phi) is 4.27. The second kappa shape index (κ2) is 6.15. The number of nitrogens with one attached hydrogen (secondary N) is 1. The van der Waals surface area contributed by atoms with Crippen LogP contribution in [0.5, 0.6) is 0 Å². The van der Waals surface area contributed by atoms with Crippen molar-refractivity contribution in [1.82, 2.24) is 10.2 Å². The van der Waals surface area contributed by atoms with E-state index in [-0.39, 0.29) is 0 Å². The summed E-state index contributed by atoms with van der Waals surface area (Å²) in [6.07, 6.45) is 2.59. The maximum absolute atomic E-state index is 3.60. The fourth-order valence-corrected chi connectivity index (χ4v) is 3.40. The van der Waals surface area contributed by atoms with E-state index in [9.17, 15) is 0 Å². The molecule has 0 aliphatic carbocycles. The van der Waals surface area contributed by atoms with Crippen LogP contribution in [0.25, 0.3) is 0 Å². The Labute approximate surface area is 123 Å². The fourth-order valence-electron chi connectivity index (χ4n) is 3.40. The Morgan fingerprint density at radius 3 is 2.60 bits per heavy atom. The molecule has 2 saturated heterocycles. The molecule has 0 radical (unpaired) electrons. The van der Waals surface area contributed by atoms with Gasteiger partial charge < -0.3 is 10.2 Å². The highest BCUT2D eigenvalue weighted by Gasteiger charge is 2.20. The third kappa shape index (κ3) is 2.99. The second-order valence-electron chi connectivity index (χ2n) is 6.36. The average molecular weight is 273 g/mol. The molecule has 110 valence electrons. The predicted octanol–water partition coefficient (Wildman–Crippen LogP) is 2.64. The van der Waals surface area contributed by atoms with Crippen molar-refractivity contribution in [3.8, 4) is 0 Å². The fraction of sp³-hybridized carbons (Fsp3) is 0.647. The molecule has 3 heteroatoms. The standard InChI is InChI=1S/C17H27N3/c1-14(2)19-9-11-20(12-10-19)16-6-3-5-15(13-16)17-7-4-8-18-17/h3,5-6,13-14,17-18H,4,7-12H2,1-2H3. The van der Waals surface area contributed by atoms with Crippen LogP contribution in [0.1, 0.15) is 38.3 Å². The van der Waals surface area contributed by atoms with E-state index in [0.717, 1.165) is 13.1 Å². The zero-order valence-electron chi connectivity index (χ0n) is 12.8. The molecule has 1 atom stereocenters. The van der Waals surface area contributed by atoms with Crippen molar-refractivity contribution in [1.29, 1.82) is 0 Å². The minimum atomic E-state index is 0.576. The molecule has 1 N–H and O–H groups in total. The van der Waals surface area contributed by atoms with Crippen molar-refractivity contribution >= 4 is 5.69 Å². The third-order valence-corrected chi connectivity index (χ3v) is 4.74. The topological polar surface area (TPSA) is 18.5 Å². The van der Waals surface area contributed by atoms with E-state index in [1.807, 2.05) is 0 Å². The van der Waals surface area contributed by atoms with Crippen molar-refractivity contribution in [3.05, 3.63) is 29.8 Å². The lowest BCUT2D eigenvalue weighted by molar-refractivity contribution is 0.209. The molecule has 20 heavy (non-hydrogen) atoms. The van der Waals surface area contributed by atoms with Crippen LogP contribution in [-0.4, -0.2) is 43.7 Å². The Morgan fingerprint density at radius 1 is 1.15 bits per heavy atom. The van der Waals surface area contributed by atoms with E-state index in [1.54, 1.807) is 0 Å². The SMILES string of the molecule is CC(C)N1CCN(c2cccc(C3CCCN3)c2)CC1. The first-order chi connectivity index (χ1) is 9.74. The largest absolute Gasteiger partial charge is 0.369 e. The summed E-state index contributed by atoms with van der Waals surface area (Å²) in [5.74, 6) is 0. The van der Waals surface area contributed by atoms with E-state index in [0.29, 0.717) is 12.1 Å². The Balaban J connectivity index is 1.67. The number of piperazine rings is 1. The van der Waals surface area contributed by atoms with Crippen molar-refractivity contribution in [2.75, 3.05) is 37.6 Å². The molecule has 1 aromatic carbocycles. The van der Waals surface area contributed by atoms with Crippen LogP contribution in [0.3, 0.4) is 0 Å². The summed E-state index contributed by atoms with van der Waals surface area (Å²) in [6, 6.07) is 10.4. The average Bonchev–Trinajstić information content (AvgIpc) is 3.02. The smallest absolute Gasteiger partial charge is 0.0370 e. The van der Waals surface area contributed by atoms with Crippen LogP contribution in [-0.2, 0) is 0 Å². The van der Waals surface area contributed by atoms with Crippen LogP contribution in [0.4, 0.5) is 5.69 Å². The molecule has 2 fully saturated rings. The molecule has 0 saturated carbocycles. The molecular formula is C17H27N3. The van der Waals surface area contributed by atoms with E-state index in [4.69, 9.17) is 0 Å². The lowest BCUT2D eigenvalue weighted by Crippen LogP contribution is -2.48. The normalized spacial score (nSPS) is 24.6. The lowest BCUT2D eigenvalue weighted by atomic mass is 10.0.